The van der Waals surface area contributed by atoms with E-state index in [0.717, 1.165) is 32.6 Å². The fourth-order valence-corrected chi connectivity index (χ4v) is 2.50. The van der Waals surface area contributed by atoms with E-state index >= 15 is 0 Å². The highest BCUT2D eigenvalue weighted by atomic mass is 16.2. The maximum absolute atomic E-state index is 11.9. The Kier molecular flexibility index (Phi) is 5.89. The highest BCUT2D eigenvalue weighted by Crippen LogP contribution is 2.09. The highest BCUT2D eigenvalue weighted by molar-refractivity contribution is 5.76. The Bertz CT molecular complexity index is 372. The van der Waals surface area contributed by atoms with Crippen LogP contribution in [-0.2, 0) is 11.2 Å². The minimum atomic E-state index is 0.312. The number of hydrogen-bond acceptors (Lipinski definition) is 2. The average molecular weight is 260 g/mol. The molecule has 0 aliphatic carbocycles. The van der Waals surface area contributed by atoms with Crippen LogP contribution in [0.4, 0.5) is 0 Å². The SMILES string of the molecule is O=C(CCNCCc1ccccc1)N1CCCCC1. The van der Waals surface area contributed by atoms with Crippen LogP contribution in [0.15, 0.2) is 30.3 Å². The number of benzene rings is 1. The first-order valence-electron chi connectivity index (χ1n) is 7.39. The van der Waals surface area contributed by atoms with Gasteiger partial charge in [0, 0.05) is 26.1 Å². The molecule has 3 heteroatoms. The summed E-state index contributed by atoms with van der Waals surface area (Å²) in [5, 5.41) is 3.36. The van der Waals surface area contributed by atoms with Gasteiger partial charge in [-0.2, -0.15) is 0 Å². The van der Waals surface area contributed by atoms with Gasteiger partial charge in [0.05, 0.1) is 0 Å². The predicted octanol–water partition coefficient (Wildman–Crippen LogP) is 2.22. The van der Waals surface area contributed by atoms with E-state index in [1.165, 1.54) is 24.8 Å². The predicted molar refractivity (Wildman–Crippen MR) is 78.1 cm³/mol. The van der Waals surface area contributed by atoms with Crippen molar-refractivity contribution < 1.29 is 4.79 Å². The molecular weight excluding hydrogens is 236 g/mol. The summed E-state index contributed by atoms with van der Waals surface area (Å²) in [5.74, 6) is 0.312. The molecule has 0 unspecified atom stereocenters. The lowest BCUT2D eigenvalue weighted by Crippen LogP contribution is -2.37. The Morgan fingerprint density at radius 2 is 1.79 bits per heavy atom. The Morgan fingerprint density at radius 1 is 1.05 bits per heavy atom. The topological polar surface area (TPSA) is 32.3 Å². The number of nitrogens with one attached hydrogen (secondary N) is 1. The molecule has 0 saturated carbocycles. The maximum atomic E-state index is 11.9. The van der Waals surface area contributed by atoms with Crippen LogP contribution in [0.2, 0.25) is 0 Å². The zero-order valence-corrected chi connectivity index (χ0v) is 11.6. The van der Waals surface area contributed by atoms with E-state index < -0.39 is 0 Å². The van der Waals surface area contributed by atoms with Crippen LogP contribution in [0, 0.1) is 0 Å². The van der Waals surface area contributed by atoms with Crippen molar-refractivity contribution in [2.45, 2.75) is 32.1 Å². The lowest BCUT2D eigenvalue weighted by molar-refractivity contribution is -0.131. The molecule has 1 amide bonds. The molecule has 19 heavy (non-hydrogen) atoms. The number of piperidine rings is 1. The summed E-state index contributed by atoms with van der Waals surface area (Å²) in [6.07, 6.45) is 5.28. The highest BCUT2D eigenvalue weighted by Gasteiger charge is 2.15. The van der Waals surface area contributed by atoms with Crippen molar-refractivity contribution in [3.8, 4) is 0 Å². The number of hydrogen-bond donors (Lipinski definition) is 1. The van der Waals surface area contributed by atoms with Gasteiger partial charge >= 0.3 is 0 Å². The van der Waals surface area contributed by atoms with Gasteiger partial charge in [-0.15, -0.1) is 0 Å². The second-order valence-electron chi connectivity index (χ2n) is 5.18. The number of likely N-dealkylation sites (tertiary alicyclic amines) is 1. The van der Waals surface area contributed by atoms with Gasteiger partial charge < -0.3 is 10.2 Å². The lowest BCUT2D eigenvalue weighted by atomic mass is 10.1. The van der Waals surface area contributed by atoms with E-state index in [2.05, 4.69) is 29.6 Å². The molecular formula is C16H24N2O. The third-order valence-electron chi connectivity index (χ3n) is 3.66. The first-order chi connectivity index (χ1) is 9.36. The van der Waals surface area contributed by atoms with E-state index in [0.29, 0.717) is 12.3 Å². The van der Waals surface area contributed by atoms with Crippen LogP contribution in [0.25, 0.3) is 0 Å². The van der Waals surface area contributed by atoms with Crippen molar-refractivity contribution >= 4 is 5.91 Å². The summed E-state index contributed by atoms with van der Waals surface area (Å²) in [4.78, 5) is 13.9. The summed E-state index contributed by atoms with van der Waals surface area (Å²) < 4.78 is 0. The third kappa shape index (κ3) is 5.03. The largest absolute Gasteiger partial charge is 0.343 e. The smallest absolute Gasteiger partial charge is 0.223 e. The van der Waals surface area contributed by atoms with E-state index in [1.807, 2.05) is 11.0 Å². The number of carbonyl (C=O) groups is 1. The number of amides is 1. The monoisotopic (exact) mass is 260 g/mol. The Balaban J connectivity index is 1.55. The van der Waals surface area contributed by atoms with Crippen LogP contribution >= 0.6 is 0 Å². The van der Waals surface area contributed by atoms with Gasteiger partial charge in [0.15, 0.2) is 0 Å². The van der Waals surface area contributed by atoms with Gasteiger partial charge in [-0.05, 0) is 37.8 Å². The van der Waals surface area contributed by atoms with E-state index in [1.54, 1.807) is 0 Å². The molecule has 104 valence electrons. The zero-order chi connectivity index (χ0) is 13.3. The Morgan fingerprint density at radius 3 is 2.53 bits per heavy atom. The molecule has 1 fully saturated rings. The molecule has 1 N–H and O–H groups in total. The second kappa shape index (κ2) is 7.95. The van der Waals surface area contributed by atoms with Gasteiger partial charge in [0.25, 0.3) is 0 Å². The normalized spacial score (nSPS) is 15.5. The van der Waals surface area contributed by atoms with E-state index in [9.17, 15) is 4.79 Å². The minimum absolute atomic E-state index is 0.312. The van der Waals surface area contributed by atoms with Crippen LogP contribution < -0.4 is 5.32 Å². The molecule has 1 aliphatic heterocycles. The number of nitrogens with zero attached hydrogens (tertiary/aromatic N) is 1. The molecule has 1 aromatic carbocycles. The number of carbonyl (C=O) groups excluding carboxylic acids is 1. The molecule has 3 nitrogen and oxygen atoms in total. The molecule has 2 rings (SSSR count). The minimum Gasteiger partial charge on any atom is -0.343 e. The molecule has 0 aromatic heterocycles. The first kappa shape index (κ1) is 14.1. The molecule has 1 aliphatic rings. The van der Waals surface area contributed by atoms with Crippen molar-refractivity contribution in [2.75, 3.05) is 26.2 Å². The molecule has 0 atom stereocenters. The summed E-state index contributed by atoms with van der Waals surface area (Å²) in [7, 11) is 0. The van der Waals surface area contributed by atoms with Gasteiger partial charge in [-0.3, -0.25) is 4.79 Å². The lowest BCUT2D eigenvalue weighted by Gasteiger charge is -2.26. The Hall–Kier alpha value is -1.35. The van der Waals surface area contributed by atoms with Crippen LogP contribution in [0.5, 0.6) is 0 Å². The summed E-state index contributed by atoms with van der Waals surface area (Å²) in [6.45, 7) is 3.66. The third-order valence-corrected chi connectivity index (χ3v) is 3.66. The molecule has 0 bridgehead atoms. The molecule has 0 radical (unpaired) electrons. The van der Waals surface area contributed by atoms with Crippen molar-refractivity contribution in [3.63, 3.8) is 0 Å². The summed E-state index contributed by atoms with van der Waals surface area (Å²) in [6, 6.07) is 10.4. The maximum Gasteiger partial charge on any atom is 0.223 e. The standard InChI is InChI=1S/C16H24N2O/c19-16(18-13-5-2-6-14-18)10-12-17-11-9-15-7-3-1-4-8-15/h1,3-4,7-8,17H,2,5-6,9-14H2. The molecule has 1 aromatic rings. The van der Waals surface area contributed by atoms with Crippen LogP contribution in [-0.4, -0.2) is 37.0 Å². The van der Waals surface area contributed by atoms with Crippen molar-refractivity contribution in [2.24, 2.45) is 0 Å². The van der Waals surface area contributed by atoms with Gasteiger partial charge in [0.1, 0.15) is 0 Å². The second-order valence-corrected chi connectivity index (χ2v) is 5.18. The summed E-state index contributed by atoms with van der Waals surface area (Å²) >= 11 is 0. The van der Waals surface area contributed by atoms with Crippen LogP contribution in [0.3, 0.4) is 0 Å². The fourth-order valence-electron chi connectivity index (χ4n) is 2.50. The van der Waals surface area contributed by atoms with E-state index in [4.69, 9.17) is 0 Å². The fraction of sp³-hybridized carbons (Fsp3) is 0.562. The number of rotatable bonds is 6. The van der Waals surface area contributed by atoms with Crippen LogP contribution in [0.1, 0.15) is 31.2 Å². The van der Waals surface area contributed by atoms with Gasteiger partial charge in [-0.25, -0.2) is 0 Å². The van der Waals surface area contributed by atoms with E-state index in [-0.39, 0.29) is 0 Å². The molecule has 1 saturated heterocycles. The van der Waals surface area contributed by atoms with Gasteiger partial charge in [0.2, 0.25) is 5.91 Å². The molecule has 0 spiro atoms. The first-order valence-corrected chi connectivity index (χ1v) is 7.39. The summed E-state index contributed by atoms with van der Waals surface area (Å²) in [5.41, 5.74) is 1.34. The Labute approximate surface area is 116 Å². The zero-order valence-electron chi connectivity index (χ0n) is 11.6. The molecule has 1 heterocycles. The van der Waals surface area contributed by atoms with Crippen molar-refractivity contribution in [1.82, 2.24) is 10.2 Å². The van der Waals surface area contributed by atoms with Crippen molar-refractivity contribution in [1.29, 1.82) is 0 Å². The quantitative estimate of drug-likeness (QED) is 0.795. The van der Waals surface area contributed by atoms with Crippen molar-refractivity contribution in [3.05, 3.63) is 35.9 Å². The average Bonchev–Trinajstić information content (AvgIpc) is 2.49. The van der Waals surface area contributed by atoms with Gasteiger partial charge in [-0.1, -0.05) is 30.3 Å².